The lowest BCUT2D eigenvalue weighted by Crippen LogP contribution is -2.14. The number of benzene rings is 2. The van der Waals surface area contributed by atoms with E-state index in [1.807, 2.05) is 6.92 Å². The Labute approximate surface area is 176 Å². The van der Waals surface area contributed by atoms with Gasteiger partial charge in [0, 0.05) is 23.0 Å². The minimum absolute atomic E-state index is 0.0605. The average Bonchev–Trinajstić information content (AvgIpc) is 3.19. The van der Waals surface area contributed by atoms with Crippen LogP contribution in [0.5, 0.6) is 17.2 Å². The Balaban J connectivity index is 1.62. The zero-order chi connectivity index (χ0) is 21.7. The molecule has 0 unspecified atom stereocenters. The van der Waals surface area contributed by atoms with Crippen molar-refractivity contribution in [2.75, 3.05) is 12.4 Å². The minimum atomic E-state index is -2.98. The van der Waals surface area contributed by atoms with Crippen molar-refractivity contribution in [1.82, 2.24) is 9.78 Å². The van der Waals surface area contributed by atoms with E-state index >= 15 is 0 Å². The summed E-state index contributed by atoms with van der Waals surface area (Å²) in [5.41, 5.74) is 1.37. The molecule has 0 saturated carbocycles. The average molecular weight is 438 g/mol. The quantitative estimate of drug-likeness (QED) is 0.550. The van der Waals surface area contributed by atoms with E-state index in [1.54, 1.807) is 24.4 Å². The number of hydrogen-bond donors (Lipinski definition) is 1. The summed E-state index contributed by atoms with van der Waals surface area (Å²) in [6.07, 6.45) is 1.60. The van der Waals surface area contributed by atoms with Gasteiger partial charge < -0.3 is 19.5 Å². The highest BCUT2D eigenvalue weighted by molar-refractivity contribution is 6.31. The summed E-state index contributed by atoms with van der Waals surface area (Å²) < 4.78 is 41.3. The van der Waals surface area contributed by atoms with Crippen LogP contribution in [0.2, 0.25) is 5.02 Å². The molecule has 1 aromatic heterocycles. The number of nitrogens with one attached hydrogen (secondary N) is 1. The first-order valence-corrected chi connectivity index (χ1v) is 9.10. The Morgan fingerprint density at radius 1 is 1.20 bits per heavy atom. The molecule has 7 nitrogen and oxygen atoms in total. The van der Waals surface area contributed by atoms with E-state index in [4.69, 9.17) is 21.1 Å². The number of methoxy groups -OCH3 is 1. The summed E-state index contributed by atoms with van der Waals surface area (Å²) in [5, 5.41) is 7.42. The number of halogens is 3. The predicted octanol–water partition coefficient (Wildman–Crippen LogP) is 4.74. The molecule has 158 valence electrons. The zero-order valence-corrected chi connectivity index (χ0v) is 16.8. The fourth-order valence-electron chi connectivity index (χ4n) is 2.54. The van der Waals surface area contributed by atoms with Crippen LogP contribution >= 0.6 is 11.6 Å². The molecular formula is C20H18ClF2N3O4. The molecule has 0 spiro atoms. The number of carbonyl (C=O) groups excluding carboxylic acids is 1. The van der Waals surface area contributed by atoms with E-state index in [2.05, 4.69) is 15.2 Å². The summed E-state index contributed by atoms with van der Waals surface area (Å²) in [6.45, 7) is -1.02. The highest BCUT2D eigenvalue weighted by Crippen LogP contribution is 2.31. The number of anilines is 1. The number of carbonyl (C=O) groups is 1. The Morgan fingerprint density at radius 2 is 2.00 bits per heavy atom. The summed E-state index contributed by atoms with van der Waals surface area (Å²) in [5.74, 6) is 0.0620. The van der Waals surface area contributed by atoms with Crippen molar-refractivity contribution < 1.29 is 27.8 Å². The molecule has 1 heterocycles. The van der Waals surface area contributed by atoms with Crippen LogP contribution in [0.15, 0.2) is 48.7 Å². The van der Waals surface area contributed by atoms with Crippen LogP contribution in [0, 0.1) is 6.92 Å². The van der Waals surface area contributed by atoms with Gasteiger partial charge in [0.15, 0.2) is 23.9 Å². The Bertz CT molecular complexity index is 1040. The van der Waals surface area contributed by atoms with Gasteiger partial charge in [-0.3, -0.25) is 4.79 Å². The van der Waals surface area contributed by atoms with Crippen molar-refractivity contribution in [1.29, 1.82) is 0 Å². The van der Waals surface area contributed by atoms with Gasteiger partial charge in [0.05, 0.1) is 7.11 Å². The molecule has 2 aromatic carbocycles. The number of hydrogen-bond acceptors (Lipinski definition) is 5. The van der Waals surface area contributed by atoms with Gasteiger partial charge in [-0.25, -0.2) is 4.68 Å². The third kappa shape index (κ3) is 5.38. The van der Waals surface area contributed by atoms with E-state index in [0.717, 1.165) is 5.56 Å². The second-order valence-corrected chi connectivity index (χ2v) is 6.53. The summed E-state index contributed by atoms with van der Waals surface area (Å²) in [4.78, 5) is 12.4. The second kappa shape index (κ2) is 9.45. The summed E-state index contributed by atoms with van der Waals surface area (Å²) >= 11 is 5.99. The van der Waals surface area contributed by atoms with Gasteiger partial charge in [-0.05, 0) is 48.9 Å². The predicted molar refractivity (Wildman–Crippen MR) is 107 cm³/mol. The minimum Gasteiger partial charge on any atom is -0.493 e. The maximum absolute atomic E-state index is 12.4. The first-order valence-electron chi connectivity index (χ1n) is 8.72. The van der Waals surface area contributed by atoms with Crippen molar-refractivity contribution in [3.63, 3.8) is 0 Å². The molecule has 1 N–H and O–H groups in total. The number of aromatic nitrogens is 2. The number of nitrogens with zero attached hydrogens (tertiary/aromatic N) is 2. The smallest absolute Gasteiger partial charge is 0.387 e. The SMILES string of the molecule is COc1cc(NC(=O)c2ccn(COc3ccc(Cl)c(C)c3)n2)ccc1OC(F)F. The Kier molecular flexibility index (Phi) is 6.73. The molecule has 0 fully saturated rings. The summed E-state index contributed by atoms with van der Waals surface area (Å²) in [7, 11) is 1.31. The van der Waals surface area contributed by atoms with Gasteiger partial charge in [0.1, 0.15) is 5.75 Å². The molecule has 3 aromatic rings. The molecule has 0 aliphatic rings. The zero-order valence-electron chi connectivity index (χ0n) is 16.1. The molecule has 0 aliphatic carbocycles. The lowest BCUT2D eigenvalue weighted by Gasteiger charge is -2.11. The van der Waals surface area contributed by atoms with Crippen molar-refractivity contribution in [3.05, 3.63) is 64.9 Å². The summed E-state index contributed by atoms with van der Waals surface area (Å²) in [6, 6.07) is 10.9. The number of rotatable bonds is 8. The fraction of sp³-hybridized carbons (Fsp3) is 0.200. The van der Waals surface area contributed by atoms with Gasteiger partial charge in [-0.15, -0.1) is 0 Å². The van der Waals surface area contributed by atoms with Gasteiger partial charge >= 0.3 is 6.61 Å². The molecular weight excluding hydrogens is 420 g/mol. The van der Waals surface area contributed by atoms with Crippen LogP contribution in [-0.2, 0) is 6.73 Å². The Hall–Kier alpha value is -3.33. The van der Waals surface area contributed by atoms with E-state index in [-0.39, 0.29) is 23.9 Å². The molecule has 0 saturated heterocycles. The van der Waals surface area contributed by atoms with Crippen molar-refractivity contribution in [2.45, 2.75) is 20.3 Å². The van der Waals surface area contributed by atoms with Crippen LogP contribution in [0.3, 0.4) is 0 Å². The molecule has 30 heavy (non-hydrogen) atoms. The van der Waals surface area contributed by atoms with Crippen LogP contribution < -0.4 is 19.5 Å². The fourth-order valence-corrected chi connectivity index (χ4v) is 2.65. The number of ether oxygens (including phenoxy) is 3. The number of alkyl halides is 2. The normalized spacial score (nSPS) is 10.7. The van der Waals surface area contributed by atoms with Crippen LogP contribution in [0.1, 0.15) is 16.1 Å². The largest absolute Gasteiger partial charge is 0.493 e. The first-order chi connectivity index (χ1) is 14.4. The molecule has 0 atom stereocenters. The number of amides is 1. The molecule has 0 aliphatic heterocycles. The monoisotopic (exact) mass is 437 g/mol. The molecule has 1 amide bonds. The third-order valence-electron chi connectivity index (χ3n) is 4.00. The standard InChI is InChI=1S/C20H18ClF2N3O4/c1-12-9-14(4-5-15(12)21)29-11-26-8-7-16(25-26)19(27)24-13-3-6-17(30-20(22)23)18(10-13)28-2/h3-10,20H,11H2,1-2H3,(H,24,27). The van der Waals surface area contributed by atoms with Gasteiger partial charge in [-0.2, -0.15) is 13.9 Å². The number of aryl methyl sites for hydroxylation is 1. The molecule has 10 heteroatoms. The maximum atomic E-state index is 12.4. The van der Waals surface area contributed by atoms with Gasteiger partial charge in [0.2, 0.25) is 0 Å². The van der Waals surface area contributed by atoms with E-state index in [0.29, 0.717) is 16.5 Å². The van der Waals surface area contributed by atoms with E-state index < -0.39 is 12.5 Å². The van der Waals surface area contributed by atoms with Crippen molar-refractivity contribution >= 4 is 23.2 Å². The van der Waals surface area contributed by atoms with Crippen LogP contribution in [-0.4, -0.2) is 29.4 Å². The lowest BCUT2D eigenvalue weighted by molar-refractivity contribution is -0.0512. The second-order valence-electron chi connectivity index (χ2n) is 6.12. The molecule has 0 bridgehead atoms. The first kappa shape index (κ1) is 21.4. The van der Waals surface area contributed by atoms with Gasteiger partial charge in [0.25, 0.3) is 5.91 Å². The van der Waals surface area contributed by atoms with Gasteiger partial charge in [-0.1, -0.05) is 11.6 Å². The van der Waals surface area contributed by atoms with Crippen molar-refractivity contribution in [3.8, 4) is 17.2 Å². The maximum Gasteiger partial charge on any atom is 0.387 e. The molecule has 0 radical (unpaired) electrons. The highest BCUT2D eigenvalue weighted by atomic mass is 35.5. The third-order valence-corrected chi connectivity index (χ3v) is 4.43. The van der Waals surface area contributed by atoms with Crippen LogP contribution in [0.25, 0.3) is 0 Å². The Morgan fingerprint density at radius 3 is 2.70 bits per heavy atom. The lowest BCUT2D eigenvalue weighted by atomic mass is 10.2. The highest BCUT2D eigenvalue weighted by Gasteiger charge is 2.14. The van der Waals surface area contributed by atoms with E-state index in [9.17, 15) is 13.6 Å². The molecule has 3 rings (SSSR count). The topological polar surface area (TPSA) is 74.6 Å². The van der Waals surface area contributed by atoms with Crippen molar-refractivity contribution in [2.24, 2.45) is 0 Å². The van der Waals surface area contributed by atoms with E-state index in [1.165, 1.54) is 36.1 Å². The van der Waals surface area contributed by atoms with Crippen LogP contribution in [0.4, 0.5) is 14.5 Å².